The van der Waals surface area contributed by atoms with Crippen molar-refractivity contribution in [2.75, 3.05) is 20.2 Å². The molecule has 0 aliphatic carbocycles. The summed E-state index contributed by atoms with van der Waals surface area (Å²) in [6, 6.07) is 16.4. The number of fused-ring (bicyclic) bond motifs is 1. The first-order chi connectivity index (χ1) is 10.3. The van der Waals surface area contributed by atoms with Crippen molar-refractivity contribution < 1.29 is 4.74 Å². The number of ether oxygens (including phenoxy) is 1. The van der Waals surface area contributed by atoms with Crippen LogP contribution >= 0.6 is 0 Å². The molecule has 21 heavy (non-hydrogen) atoms. The molecular weight excluding hydrogens is 260 g/mol. The fraction of sp³-hybridized carbons (Fsp3) is 0.278. The number of rotatable bonds is 3. The Bertz CT molecular complexity index is 671. The minimum atomic E-state index is 0.122. The van der Waals surface area contributed by atoms with Gasteiger partial charge in [-0.15, -0.1) is 0 Å². The van der Waals surface area contributed by atoms with Gasteiger partial charge in [-0.05, 0) is 47.9 Å². The molecule has 3 rings (SSSR count). The van der Waals surface area contributed by atoms with Crippen molar-refractivity contribution in [1.29, 1.82) is 5.26 Å². The van der Waals surface area contributed by atoms with Crippen LogP contribution in [0, 0.1) is 11.3 Å². The molecule has 1 N–H and O–H groups in total. The van der Waals surface area contributed by atoms with E-state index in [1.165, 1.54) is 16.7 Å². The Morgan fingerprint density at radius 2 is 2.05 bits per heavy atom. The lowest BCUT2D eigenvalue weighted by atomic mass is 9.89. The first kappa shape index (κ1) is 13.8. The first-order valence-corrected chi connectivity index (χ1v) is 7.22. The molecule has 0 bridgehead atoms. The van der Waals surface area contributed by atoms with Gasteiger partial charge in [0.1, 0.15) is 0 Å². The largest absolute Gasteiger partial charge is 0.372 e. The molecule has 0 aromatic heterocycles. The number of hydrogen-bond donors (Lipinski definition) is 1. The molecule has 0 saturated heterocycles. The Labute approximate surface area is 125 Å². The summed E-state index contributed by atoms with van der Waals surface area (Å²) in [7, 11) is 1.95. The zero-order valence-electron chi connectivity index (χ0n) is 12.1. The summed E-state index contributed by atoms with van der Waals surface area (Å²) in [5, 5.41) is 12.1. The summed E-state index contributed by atoms with van der Waals surface area (Å²) in [6.45, 7) is 1.58. The highest BCUT2D eigenvalue weighted by molar-refractivity contribution is 5.70. The molecule has 1 atom stereocenters. The van der Waals surface area contributed by atoms with Gasteiger partial charge in [0, 0.05) is 6.54 Å². The van der Waals surface area contributed by atoms with Gasteiger partial charge < -0.3 is 10.1 Å². The molecule has 3 heteroatoms. The van der Waals surface area contributed by atoms with E-state index in [1.54, 1.807) is 0 Å². The van der Waals surface area contributed by atoms with Crippen molar-refractivity contribution in [2.24, 2.45) is 0 Å². The van der Waals surface area contributed by atoms with Crippen molar-refractivity contribution in [3.05, 3.63) is 59.2 Å². The van der Waals surface area contributed by atoms with Crippen LogP contribution < -0.4 is 5.32 Å². The number of nitriles is 1. The molecule has 0 spiro atoms. The number of hydrogen-bond acceptors (Lipinski definition) is 3. The summed E-state index contributed by atoms with van der Waals surface area (Å²) in [6.07, 6.45) is 1.06. The topological polar surface area (TPSA) is 45.0 Å². The fourth-order valence-electron chi connectivity index (χ4n) is 2.93. The van der Waals surface area contributed by atoms with E-state index in [0.717, 1.165) is 25.1 Å². The Morgan fingerprint density at radius 1 is 1.24 bits per heavy atom. The lowest BCUT2D eigenvalue weighted by Crippen LogP contribution is -2.25. The van der Waals surface area contributed by atoms with Crippen LogP contribution in [0.2, 0.25) is 0 Å². The maximum absolute atomic E-state index is 8.91. The molecule has 1 heterocycles. The second-order valence-corrected chi connectivity index (χ2v) is 5.23. The third-order valence-corrected chi connectivity index (χ3v) is 3.94. The van der Waals surface area contributed by atoms with E-state index in [2.05, 4.69) is 29.6 Å². The number of nitrogens with zero attached hydrogens (tertiary/aromatic N) is 1. The van der Waals surface area contributed by atoms with Crippen molar-refractivity contribution >= 4 is 0 Å². The SMILES string of the molecule is CNCC1OCCc2c(-c3ccc(C#N)cc3)cccc21. The van der Waals surface area contributed by atoms with Crippen LogP contribution in [0.15, 0.2) is 42.5 Å². The highest BCUT2D eigenvalue weighted by Gasteiger charge is 2.22. The van der Waals surface area contributed by atoms with Gasteiger partial charge in [0.15, 0.2) is 0 Å². The lowest BCUT2D eigenvalue weighted by molar-refractivity contribution is 0.0440. The second kappa shape index (κ2) is 6.09. The summed E-state index contributed by atoms with van der Waals surface area (Å²) in [5.41, 5.74) is 5.75. The van der Waals surface area contributed by atoms with Gasteiger partial charge in [0.2, 0.25) is 0 Å². The molecule has 0 fully saturated rings. The van der Waals surface area contributed by atoms with Gasteiger partial charge in [-0.1, -0.05) is 30.3 Å². The lowest BCUT2D eigenvalue weighted by Gasteiger charge is -2.28. The zero-order valence-corrected chi connectivity index (χ0v) is 12.1. The number of nitrogens with one attached hydrogen (secondary N) is 1. The van der Waals surface area contributed by atoms with Gasteiger partial charge in [0.25, 0.3) is 0 Å². The molecule has 1 aliphatic heterocycles. The average molecular weight is 278 g/mol. The predicted octanol–water partition coefficient (Wildman–Crippen LogP) is 3.06. The van der Waals surface area contributed by atoms with E-state index in [4.69, 9.17) is 10.00 Å². The van der Waals surface area contributed by atoms with Gasteiger partial charge in [-0.3, -0.25) is 0 Å². The van der Waals surface area contributed by atoms with E-state index in [9.17, 15) is 0 Å². The van der Waals surface area contributed by atoms with Gasteiger partial charge in [0.05, 0.1) is 24.3 Å². The van der Waals surface area contributed by atoms with Gasteiger partial charge in [-0.2, -0.15) is 5.26 Å². The first-order valence-electron chi connectivity index (χ1n) is 7.22. The summed E-state index contributed by atoms with van der Waals surface area (Å²) in [5.74, 6) is 0. The number of likely N-dealkylation sites (N-methyl/N-ethyl adjacent to an activating group) is 1. The van der Waals surface area contributed by atoms with Gasteiger partial charge >= 0.3 is 0 Å². The highest BCUT2D eigenvalue weighted by Crippen LogP contribution is 2.34. The molecule has 2 aromatic rings. The summed E-state index contributed by atoms with van der Waals surface area (Å²) >= 11 is 0. The van der Waals surface area contributed by atoms with Crippen LogP contribution in [0.5, 0.6) is 0 Å². The van der Waals surface area contributed by atoms with E-state index < -0.39 is 0 Å². The minimum Gasteiger partial charge on any atom is -0.372 e. The molecule has 106 valence electrons. The molecule has 0 saturated carbocycles. The van der Waals surface area contributed by atoms with Crippen molar-refractivity contribution in [1.82, 2.24) is 5.32 Å². The molecular formula is C18H18N2O. The zero-order chi connectivity index (χ0) is 14.7. The molecule has 1 unspecified atom stereocenters. The van der Waals surface area contributed by atoms with Crippen LogP contribution in [-0.4, -0.2) is 20.2 Å². The molecule has 0 radical (unpaired) electrons. The van der Waals surface area contributed by atoms with Crippen molar-refractivity contribution in [3.63, 3.8) is 0 Å². The van der Waals surface area contributed by atoms with Crippen LogP contribution in [-0.2, 0) is 11.2 Å². The molecule has 1 aliphatic rings. The van der Waals surface area contributed by atoms with E-state index in [-0.39, 0.29) is 6.10 Å². The number of benzene rings is 2. The average Bonchev–Trinajstić information content (AvgIpc) is 2.55. The van der Waals surface area contributed by atoms with Crippen LogP contribution in [0.3, 0.4) is 0 Å². The van der Waals surface area contributed by atoms with Crippen molar-refractivity contribution in [3.8, 4) is 17.2 Å². The van der Waals surface area contributed by atoms with Gasteiger partial charge in [-0.25, -0.2) is 0 Å². The summed E-state index contributed by atoms with van der Waals surface area (Å²) < 4.78 is 5.87. The third kappa shape index (κ3) is 2.69. The minimum absolute atomic E-state index is 0.122. The molecule has 2 aromatic carbocycles. The smallest absolute Gasteiger partial charge is 0.0991 e. The van der Waals surface area contributed by atoms with Crippen molar-refractivity contribution in [2.45, 2.75) is 12.5 Å². The van der Waals surface area contributed by atoms with E-state index in [1.807, 2.05) is 31.3 Å². The highest BCUT2D eigenvalue weighted by atomic mass is 16.5. The Hall–Kier alpha value is -2.15. The van der Waals surface area contributed by atoms with Crippen LogP contribution in [0.25, 0.3) is 11.1 Å². The van der Waals surface area contributed by atoms with E-state index in [0.29, 0.717) is 5.56 Å². The van der Waals surface area contributed by atoms with Crippen LogP contribution in [0.1, 0.15) is 22.8 Å². The predicted molar refractivity (Wildman–Crippen MR) is 82.9 cm³/mol. The quantitative estimate of drug-likeness (QED) is 0.938. The van der Waals surface area contributed by atoms with E-state index >= 15 is 0 Å². The normalized spacial score (nSPS) is 17.0. The summed E-state index contributed by atoms with van der Waals surface area (Å²) in [4.78, 5) is 0. The maximum atomic E-state index is 8.91. The monoisotopic (exact) mass is 278 g/mol. The molecule has 3 nitrogen and oxygen atoms in total. The Kier molecular flexibility index (Phi) is 4.01. The second-order valence-electron chi connectivity index (χ2n) is 5.23. The Morgan fingerprint density at radius 3 is 2.76 bits per heavy atom. The molecule has 0 amide bonds. The standard InChI is InChI=1S/C18H18N2O/c1-20-12-18-17-4-2-3-15(16(17)9-10-21-18)14-7-5-13(11-19)6-8-14/h2-8,18,20H,9-10,12H2,1H3. The third-order valence-electron chi connectivity index (χ3n) is 3.94. The Balaban J connectivity index is 2.03. The maximum Gasteiger partial charge on any atom is 0.0991 e. The van der Waals surface area contributed by atoms with Crippen LogP contribution in [0.4, 0.5) is 0 Å². The fourth-order valence-corrected chi connectivity index (χ4v) is 2.93.